The van der Waals surface area contributed by atoms with E-state index in [0.29, 0.717) is 17.6 Å². The normalized spacial score (nSPS) is 33.0. The van der Waals surface area contributed by atoms with Crippen molar-refractivity contribution >= 4 is 0 Å². The van der Waals surface area contributed by atoms with E-state index in [1.54, 1.807) is 6.07 Å². The van der Waals surface area contributed by atoms with Crippen LogP contribution in [0.2, 0.25) is 0 Å². The molecule has 23 heavy (non-hydrogen) atoms. The van der Waals surface area contributed by atoms with E-state index in [0.717, 1.165) is 31.2 Å². The van der Waals surface area contributed by atoms with Crippen molar-refractivity contribution in [3.05, 3.63) is 23.8 Å². The number of ether oxygens (including phenoxy) is 2. The standard InChI is InChI=1S/C20H30O3/c1-13(2)7-6-12-20(4)16-11-10-14(3)22-18(16)15-8-5-9-17(21)19(15)23-20/h5,8-9,13-14,16,18,21H,6-7,10-12H2,1-4H3/t14-,16-,18+,20+/m1/s1. The molecule has 0 saturated carbocycles. The van der Waals surface area contributed by atoms with Crippen molar-refractivity contribution in [3.63, 3.8) is 0 Å². The van der Waals surface area contributed by atoms with Crippen LogP contribution in [0.4, 0.5) is 0 Å². The number of phenols is 1. The number of hydrogen-bond acceptors (Lipinski definition) is 3. The molecule has 4 atom stereocenters. The van der Waals surface area contributed by atoms with Crippen molar-refractivity contribution in [1.82, 2.24) is 0 Å². The first-order chi connectivity index (χ1) is 10.9. The zero-order valence-corrected chi connectivity index (χ0v) is 14.8. The fourth-order valence-corrected chi connectivity index (χ4v) is 4.18. The highest BCUT2D eigenvalue weighted by Gasteiger charge is 2.49. The molecule has 0 aromatic heterocycles. The Labute approximate surface area is 140 Å². The van der Waals surface area contributed by atoms with Crippen molar-refractivity contribution in [2.45, 2.75) is 77.6 Å². The molecule has 2 heterocycles. The highest BCUT2D eigenvalue weighted by atomic mass is 16.5. The first-order valence-corrected chi connectivity index (χ1v) is 9.07. The number of rotatable bonds is 4. The third kappa shape index (κ3) is 3.21. The van der Waals surface area contributed by atoms with Gasteiger partial charge in [0.15, 0.2) is 11.5 Å². The predicted molar refractivity (Wildman–Crippen MR) is 91.8 cm³/mol. The van der Waals surface area contributed by atoms with Crippen LogP contribution in [-0.2, 0) is 4.74 Å². The summed E-state index contributed by atoms with van der Waals surface area (Å²) in [6.07, 6.45) is 5.88. The van der Waals surface area contributed by atoms with Crippen LogP contribution in [0.3, 0.4) is 0 Å². The van der Waals surface area contributed by atoms with Gasteiger partial charge in [-0.05, 0) is 51.5 Å². The number of phenolic OH excluding ortho intramolecular Hbond substituents is 1. The Morgan fingerprint density at radius 2 is 2.09 bits per heavy atom. The maximum Gasteiger partial charge on any atom is 0.167 e. The van der Waals surface area contributed by atoms with Crippen LogP contribution in [0.25, 0.3) is 0 Å². The first-order valence-electron chi connectivity index (χ1n) is 9.07. The van der Waals surface area contributed by atoms with Crippen LogP contribution in [0.5, 0.6) is 11.5 Å². The molecule has 1 aromatic carbocycles. The van der Waals surface area contributed by atoms with E-state index in [-0.39, 0.29) is 23.6 Å². The molecule has 3 rings (SSSR count). The van der Waals surface area contributed by atoms with Gasteiger partial charge in [-0.15, -0.1) is 0 Å². The van der Waals surface area contributed by atoms with Crippen LogP contribution in [-0.4, -0.2) is 16.8 Å². The van der Waals surface area contributed by atoms with Crippen molar-refractivity contribution in [1.29, 1.82) is 0 Å². The van der Waals surface area contributed by atoms with E-state index in [9.17, 15) is 5.11 Å². The Morgan fingerprint density at radius 1 is 1.30 bits per heavy atom. The Balaban J connectivity index is 1.91. The van der Waals surface area contributed by atoms with Gasteiger partial charge in [-0.3, -0.25) is 0 Å². The molecule has 3 heteroatoms. The smallest absolute Gasteiger partial charge is 0.167 e. The molecule has 0 amide bonds. The third-order valence-corrected chi connectivity index (χ3v) is 5.53. The van der Waals surface area contributed by atoms with Crippen LogP contribution in [0, 0.1) is 11.8 Å². The molecule has 1 saturated heterocycles. The van der Waals surface area contributed by atoms with E-state index >= 15 is 0 Å². The minimum Gasteiger partial charge on any atom is -0.504 e. The second-order valence-corrected chi connectivity index (χ2v) is 7.95. The summed E-state index contributed by atoms with van der Waals surface area (Å²) in [7, 11) is 0. The fourth-order valence-electron chi connectivity index (χ4n) is 4.18. The van der Waals surface area contributed by atoms with Gasteiger partial charge in [0.25, 0.3) is 0 Å². The monoisotopic (exact) mass is 318 g/mol. The van der Waals surface area contributed by atoms with Gasteiger partial charge in [-0.1, -0.05) is 32.4 Å². The molecule has 0 bridgehead atoms. The van der Waals surface area contributed by atoms with Crippen molar-refractivity contribution in [2.75, 3.05) is 0 Å². The first kappa shape index (κ1) is 16.6. The van der Waals surface area contributed by atoms with Crippen LogP contribution >= 0.6 is 0 Å². The van der Waals surface area contributed by atoms with Crippen molar-refractivity contribution in [2.24, 2.45) is 11.8 Å². The fraction of sp³-hybridized carbons (Fsp3) is 0.700. The molecule has 0 unspecified atom stereocenters. The summed E-state index contributed by atoms with van der Waals surface area (Å²) in [4.78, 5) is 0. The third-order valence-electron chi connectivity index (χ3n) is 5.53. The van der Waals surface area contributed by atoms with Gasteiger partial charge in [0.1, 0.15) is 5.60 Å². The summed E-state index contributed by atoms with van der Waals surface area (Å²) in [5.41, 5.74) is 0.758. The number of fused-ring (bicyclic) bond motifs is 3. The zero-order chi connectivity index (χ0) is 16.6. The van der Waals surface area contributed by atoms with E-state index in [1.165, 1.54) is 6.42 Å². The Hall–Kier alpha value is -1.22. The van der Waals surface area contributed by atoms with Crippen molar-refractivity contribution < 1.29 is 14.6 Å². The Kier molecular flexibility index (Phi) is 4.59. The largest absolute Gasteiger partial charge is 0.504 e. The molecule has 1 fully saturated rings. The van der Waals surface area contributed by atoms with Crippen molar-refractivity contribution in [3.8, 4) is 11.5 Å². The second kappa shape index (κ2) is 6.35. The van der Waals surface area contributed by atoms with E-state index < -0.39 is 0 Å². The number of aromatic hydroxyl groups is 1. The molecule has 0 radical (unpaired) electrons. The summed E-state index contributed by atoms with van der Waals surface area (Å²) in [6.45, 7) is 8.88. The quantitative estimate of drug-likeness (QED) is 0.826. The molecule has 128 valence electrons. The van der Waals surface area contributed by atoms with Gasteiger partial charge in [0, 0.05) is 11.5 Å². The minimum absolute atomic E-state index is 0.0404. The lowest BCUT2D eigenvalue weighted by Crippen LogP contribution is -2.50. The molecule has 2 aliphatic rings. The van der Waals surface area contributed by atoms with Gasteiger partial charge in [0.2, 0.25) is 0 Å². The molecule has 0 aliphatic carbocycles. The van der Waals surface area contributed by atoms with E-state index in [4.69, 9.17) is 9.47 Å². The lowest BCUT2D eigenvalue weighted by atomic mass is 9.72. The Bertz CT molecular complexity index is 554. The lowest BCUT2D eigenvalue weighted by molar-refractivity contribution is -0.153. The predicted octanol–water partition coefficient (Wildman–Crippen LogP) is 5.23. The summed E-state index contributed by atoms with van der Waals surface area (Å²) in [6, 6.07) is 5.64. The summed E-state index contributed by atoms with van der Waals surface area (Å²) in [5.74, 6) is 1.94. The highest BCUT2D eigenvalue weighted by molar-refractivity contribution is 5.49. The molecule has 2 aliphatic heterocycles. The number of benzene rings is 1. The van der Waals surface area contributed by atoms with Gasteiger partial charge < -0.3 is 14.6 Å². The molecular formula is C20H30O3. The van der Waals surface area contributed by atoms with Gasteiger partial charge in [0.05, 0.1) is 12.2 Å². The van der Waals surface area contributed by atoms with E-state index in [1.807, 2.05) is 12.1 Å². The molecule has 3 nitrogen and oxygen atoms in total. The number of para-hydroxylation sites is 1. The lowest BCUT2D eigenvalue weighted by Gasteiger charge is -2.50. The second-order valence-electron chi connectivity index (χ2n) is 7.95. The highest BCUT2D eigenvalue weighted by Crippen LogP contribution is 2.54. The SMILES string of the molecule is CC(C)CCC[C@]1(C)Oc2c(O)cccc2[C@@H]2O[C@H](C)CC[C@H]21. The molecule has 1 aromatic rings. The van der Waals surface area contributed by atoms with Crippen LogP contribution in [0.15, 0.2) is 18.2 Å². The summed E-state index contributed by atoms with van der Waals surface area (Å²) < 4.78 is 12.7. The Morgan fingerprint density at radius 3 is 2.83 bits per heavy atom. The number of hydrogen-bond donors (Lipinski definition) is 1. The average Bonchev–Trinajstić information content (AvgIpc) is 2.48. The maximum atomic E-state index is 10.3. The summed E-state index contributed by atoms with van der Waals surface area (Å²) in [5, 5.41) is 10.3. The van der Waals surface area contributed by atoms with Gasteiger partial charge in [-0.2, -0.15) is 0 Å². The molecule has 0 spiro atoms. The molecular weight excluding hydrogens is 288 g/mol. The van der Waals surface area contributed by atoms with Crippen LogP contribution < -0.4 is 4.74 Å². The molecule has 1 N–H and O–H groups in total. The minimum atomic E-state index is -0.258. The average molecular weight is 318 g/mol. The zero-order valence-electron chi connectivity index (χ0n) is 14.8. The summed E-state index contributed by atoms with van der Waals surface area (Å²) >= 11 is 0. The van der Waals surface area contributed by atoms with Gasteiger partial charge in [-0.25, -0.2) is 0 Å². The van der Waals surface area contributed by atoms with E-state index in [2.05, 4.69) is 27.7 Å². The van der Waals surface area contributed by atoms with Gasteiger partial charge >= 0.3 is 0 Å². The maximum absolute atomic E-state index is 10.3. The van der Waals surface area contributed by atoms with Crippen LogP contribution in [0.1, 0.15) is 71.5 Å². The topological polar surface area (TPSA) is 38.7 Å².